The van der Waals surface area contributed by atoms with E-state index in [1.54, 1.807) is 33.1 Å². The van der Waals surface area contributed by atoms with Crippen molar-refractivity contribution in [1.82, 2.24) is 13.5 Å². The van der Waals surface area contributed by atoms with Gasteiger partial charge in [-0.05, 0) is 37.3 Å². The Hall–Kier alpha value is -0.800. The number of hydrogen-bond donors (Lipinski definition) is 0. The zero-order chi connectivity index (χ0) is 19.4. The lowest BCUT2D eigenvalue weighted by Gasteiger charge is -2.36. The summed E-state index contributed by atoms with van der Waals surface area (Å²) >= 11 is 7.77. The lowest BCUT2D eigenvalue weighted by molar-refractivity contribution is 0.0694. The van der Waals surface area contributed by atoms with Crippen molar-refractivity contribution in [1.29, 1.82) is 0 Å². The minimum atomic E-state index is -3.44. The molecule has 3 rings (SSSR count). The van der Waals surface area contributed by atoms with E-state index in [2.05, 4.69) is 0 Å². The third kappa shape index (κ3) is 4.79. The third-order valence-electron chi connectivity index (χ3n) is 5.15. The van der Waals surface area contributed by atoms with Crippen LogP contribution < -0.4 is 0 Å². The number of piperazine rings is 1. The molecule has 150 valence electrons. The summed E-state index contributed by atoms with van der Waals surface area (Å²) in [6.07, 6.45) is 5.96. The number of nitrogens with zero attached hydrogens (tertiary/aromatic N) is 3. The van der Waals surface area contributed by atoms with Gasteiger partial charge in [0.2, 0.25) is 0 Å². The molecule has 0 N–H and O–H groups in total. The van der Waals surface area contributed by atoms with E-state index in [4.69, 9.17) is 11.6 Å². The first kappa shape index (κ1) is 20.9. The van der Waals surface area contributed by atoms with E-state index in [9.17, 15) is 13.2 Å². The Morgan fingerprint density at radius 2 is 1.56 bits per heavy atom. The van der Waals surface area contributed by atoms with E-state index < -0.39 is 10.2 Å². The molecular weight excluding hydrogens is 406 g/mol. The van der Waals surface area contributed by atoms with Crippen LogP contribution in [0.1, 0.15) is 36.0 Å². The predicted octanol–water partition coefficient (Wildman–Crippen LogP) is 2.94. The molecule has 0 bridgehead atoms. The SMILES string of the molecule is CSc1ccc(Cl)c(C(=O)N2CCN(S(=O)(=O)N3CCCCCC3)CC2)c1. The second kappa shape index (κ2) is 9.13. The van der Waals surface area contributed by atoms with E-state index >= 15 is 0 Å². The van der Waals surface area contributed by atoms with Crippen molar-refractivity contribution >= 4 is 39.5 Å². The predicted molar refractivity (Wildman–Crippen MR) is 110 cm³/mol. The van der Waals surface area contributed by atoms with Gasteiger partial charge in [0, 0.05) is 44.2 Å². The molecule has 1 aromatic rings. The van der Waals surface area contributed by atoms with Crippen molar-refractivity contribution in [3.63, 3.8) is 0 Å². The van der Waals surface area contributed by atoms with Gasteiger partial charge in [0.25, 0.3) is 16.1 Å². The first-order chi connectivity index (χ1) is 12.9. The van der Waals surface area contributed by atoms with E-state index in [-0.39, 0.29) is 5.91 Å². The highest BCUT2D eigenvalue weighted by molar-refractivity contribution is 7.98. The minimum absolute atomic E-state index is 0.136. The Bertz CT molecular complexity index is 772. The number of halogens is 1. The Morgan fingerprint density at radius 1 is 0.963 bits per heavy atom. The zero-order valence-corrected chi connectivity index (χ0v) is 18.0. The van der Waals surface area contributed by atoms with Gasteiger partial charge >= 0.3 is 0 Å². The van der Waals surface area contributed by atoms with Crippen LogP contribution in [0.3, 0.4) is 0 Å². The highest BCUT2D eigenvalue weighted by Gasteiger charge is 2.34. The van der Waals surface area contributed by atoms with Crippen LogP contribution in [0.4, 0.5) is 0 Å². The van der Waals surface area contributed by atoms with Gasteiger partial charge in [0.15, 0.2) is 0 Å². The second-order valence-corrected chi connectivity index (χ2v) is 10.1. The van der Waals surface area contributed by atoms with Crippen molar-refractivity contribution in [2.45, 2.75) is 30.6 Å². The van der Waals surface area contributed by atoms with Crippen molar-refractivity contribution < 1.29 is 13.2 Å². The highest BCUT2D eigenvalue weighted by Crippen LogP contribution is 2.25. The van der Waals surface area contributed by atoms with E-state index in [1.807, 2.05) is 12.3 Å². The molecule has 0 radical (unpaired) electrons. The maximum Gasteiger partial charge on any atom is 0.282 e. The van der Waals surface area contributed by atoms with Crippen molar-refractivity contribution in [2.75, 3.05) is 45.5 Å². The molecule has 0 saturated carbocycles. The van der Waals surface area contributed by atoms with E-state index in [1.165, 1.54) is 4.31 Å². The summed E-state index contributed by atoms with van der Waals surface area (Å²) < 4.78 is 28.9. The number of benzene rings is 1. The molecule has 0 atom stereocenters. The van der Waals surface area contributed by atoms with Crippen LogP contribution in [-0.4, -0.2) is 73.4 Å². The zero-order valence-electron chi connectivity index (χ0n) is 15.6. The number of thioether (sulfide) groups is 1. The Morgan fingerprint density at radius 3 is 2.15 bits per heavy atom. The molecule has 1 amide bonds. The molecule has 0 aliphatic carbocycles. The fourth-order valence-corrected chi connectivity index (χ4v) is 5.83. The van der Waals surface area contributed by atoms with Crippen LogP contribution in [0.25, 0.3) is 0 Å². The summed E-state index contributed by atoms with van der Waals surface area (Å²) in [7, 11) is -3.44. The number of hydrogen-bond acceptors (Lipinski definition) is 4. The molecule has 2 aliphatic heterocycles. The third-order valence-corrected chi connectivity index (χ3v) is 8.24. The molecule has 0 aromatic heterocycles. The number of carbonyl (C=O) groups is 1. The van der Waals surface area contributed by atoms with Crippen LogP contribution >= 0.6 is 23.4 Å². The lowest BCUT2D eigenvalue weighted by Crippen LogP contribution is -2.54. The lowest BCUT2D eigenvalue weighted by atomic mass is 10.2. The van der Waals surface area contributed by atoms with Gasteiger partial charge in [-0.25, -0.2) is 0 Å². The summed E-state index contributed by atoms with van der Waals surface area (Å²) in [5, 5.41) is 0.428. The first-order valence-electron chi connectivity index (χ1n) is 9.31. The molecule has 27 heavy (non-hydrogen) atoms. The maximum atomic E-state index is 12.9. The summed E-state index contributed by atoms with van der Waals surface area (Å²) in [4.78, 5) is 15.5. The second-order valence-electron chi connectivity index (χ2n) is 6.86. The summed E-state index contributed by atoms with van der Waals surface area (Å²) in [5.41, 5.74) is 0.479. The molecular formula is C18H26ClN3O3S2. The quantitative estimate of drug-likeness (QED) is 0.687. The molecule has 9 heteroatoms. The topological polar surface area (TPSA) is 60.9 Å². The van der Waals surface area contributed by atoms with Crippen LogP contribution in [0.2, 0.25) is 5.02 Å². The fourth-order valence-electron chi connectivity index (χ4n) is 3.52. The van der Waals surface area contributed by atoms with Gasteiger partial charge in [0.05, 0.1) is 10.6 Å². The monoisotopic (exact) mass is 431 g/mol. The molecule has 6 nitrogen and oxygen atoms in total. The number of carbonyl (C=O) groups excluding carboxylic acids is 1. The van der Waals surface area contributed by atoms with Gasteiger partial charge in [-0.3, -0.25) is 4.79 Å². The van der Waals surface area contributed by atoms with Crippen LogP contribution in [0.5, 0.6) is 0 Å². The molecule has 2 heterocycles. The Labute approximate surface area is 171 Å². The molecule has 0 unspecified atom stereocenters. The van der Waals surface area contributed by atoms with Gasteiger partial charge in [0.1, 0.15) is 0 Å². The molecule has 2 fully saturated rings. The van der Waals surface area contributed by atoms with Crippen molar-refractivity contribution in [3.05, 3.63) is 28.8 Å². The molecule has 2 aliphatic rings. The largest absolute Gasteiger partial charge is 0.336 e. The van der Waals surface area contributed by atoms with Gasteiger partial charge in [-0.2, -0.15) is 17.0 Å². The first-order valence-corrected chi connectivity index (χ1v) is 12.3. The Kier molecular flexibility index (Phi) is 7.08. The van der Waals surface area contributed by atoms with Gasteiger partial charge in [-0.1, -0.05) is 24.4 Å². The average Bonchev–Trinajstić information content (AvgIpc) is 2.98. The molecule has 0 spiro atoms. The van der Waals surface area contributed by atoms with Crippen molar-refractivity contribution in [2.24, 2.45) is 0 Å². The summed E-state index contributed by atoms with van der Waals surface area (Å²) in [5.74, 6) is -0.136. The number of rotatable bonds is 4. The van der Waals surface area contributed by atoms with E-state index in [0.29, 0.717) is 49.9 Å². The standard InChI is InChI=1S/C18H26ClN3O3S2/c1-26-15-6-7-17(19)16(14-15)18(23)20-10-12-22(13-11-20)27(24,25)21-8-4-2-3-5-9-21/h6-7,14H,2-5,8-13H2,1H3. The van der Waals surface area contributed by atoms with E-state index in [0.717, 1.165) is 30.6 Å². The van der Waals surface area contributed by atoms with Gasteiger partial charge in [-0.15, -0.1) is 11.8 Å². The van der Waals surface area contributed by atoms with Crippen LogP contribution in [0, 0.1) is 0 Å². The smallest absolute Gasteiger partial charge is 0.282 e. The minimum Gasteiger partial charge on any atom is -0.336 e. The number of amides is 1. The highest BCUT2D eigenvalue weighted by atomic mass is 35.5. The van der Waals surface area contributed by atoms with Crippen LogP contribution in [0.15, 0.2) is 23.1 Å². The van der Waals surface area contributed by atoms with Gasteiger partial charge < -0.3 is 4.90 Å². The Balaban J connectivity index is 1.65. The normalized spacial score (nSPS) is 20.4. The maximum absolute atomic E-state index is 12.9. The summed E-state index contributed by atoms with van der Waals surface area (Å²) in [6, 6.07) is 5.42. The molecule has 2 saturated heterocycles. The van der Waals surface area contributed by atoms with Crippen molar-refractivity contribution in [3.8, 4) is 0 Å². The van der Waals surface area contributed by atoms with Crippen LogP contribution in [-0.2, 0) is 10.2 Å². The summed E-state index contributed by atoms with van der Waals surface area (Å²) in [6.45, 7) is 2.60. The molecule has 1 aromatic carbocycles. The fraction of sp³-hybridized carbons (Fsp3) is 0.611. The average molecular weight is 432 g/mol.